The van der Waals surface area contributed by atoms with Gasteiger partial charge in [-0.15, -0.1) is 0 Å². The van der Waals surface area contributed by atoms with Gasteiger partial charge in [-0.05, 0) is 24.6 Å². The number of carbonyl (C=O) groups is 3. The van der Waals surface area contributed by atoms with Gasteiger partial charge in [-0.2, -0.15) is 5.10 Å². The zero-order chi connectivity index (χ0) is 16.8. The van der Waals surface area contributed by atoms with E-state index in [1.807, 2.05) is 6.92 Å². The zero-order valence-electron chi connectivity index (χ0n) is 12.6. The maximum atomic E-state index is 12.8. The Bertz CT molecular complexity index is 761. The molecular formula is C15H14ClN3O4. The van der Waals surface area contributed by atoms with Crippen molar-refractivity contribution in [3.8, 4) is 0 Å². The largest absolute Gasteiger partial charge is 0.464 e. The van der Waals surface area contributed by atoms with Crippen molar-refractivity contribution < 1.29 is 19.1 Å². The SMILES string of the molecule is COC(=O)C1=NN[C@@]2(CC(=O)N(c3ccc(C)c(Cl)c3)C2=O)C1. The molecule has 1 aromatic carbocycles. The Kier molecular flexibility index (Phi) is 3.60. The number of nitrogens with one attached hydrogen (secondary N) is 1. The van der Waals surface area contributed by atoms with Crippen LogP contribution in [0.25, 0.3) is 0 Å². The van der Waals surface area contributed by atoms with E-state index in [2.05, 4.69) is 15.3 Å². The summed E-state index contributed by atoms with van der Waals surface area (Å²) in [5.41, 5.74) is 2.77. The zero-order valence-corrected chi connectivity index (χ0v) is 13.3. The predicted octanol–water partition coefficient (Wildman–Crippen LogP) is 1.17. The molecule has 1 fully saturated rings. The smallest absolute Gasteiger partial charge is 0.354 e. The van der Waals surface area contributed by atoms with Gasteiger partial charge >= 0.3 is 5.97 Å². The van der Waals surface area contributed by atoms with Crippen LogP contribution in [0, 0.1) is 6.92 Å². The number of esters is 1. The van der Waals surface area contributed by atoms with E-state index < -0.39 is 17.4 Å². The van der Waals surface area contributed by atoms with E-state index in [0.717, 1.165) is 10.5 Å². The maximum absolute atomic E-state index is 12.8. The summed E-state index contributed by atoms with van der Waals surface area (Å²) in [6, 6.07) is 4.97. The summed E-state index contributed by atoms with van der Waals surface area (Å²) >= 11 is 6.07. The number of hydrogen-bond donors (Lipinski definition) is 1. The van der Waals surface area contributed by atoms with Crippen LogP contribution in [0.15, 0.2) is 23.3 Å². The van der Waals surface area contributed by atoms with Crippen LogP contribution >= 0.6 is 11.6 Å². The first-order chi connectivity index (χ1) is 10.9. The number of methoxy groups -OCH3 is 1. The van der Waals surface area contributed by atoms with E-state index in [0.29, 0.717) is 10.7 Å². The Labute approximate surface area is 137 Å². The molecule has 2 heterocycles. The number of halogens is 1. The minimum Gasteiger partial charge on any atom is -0.464 e. The van der Waals surface area contributed by atoms with E-state index >= 15 is 0 Å². The molecule has 1 N–H and O–H groups in total. The normalized spacial score (nSPS) is 23.3. The molecule has 1 spiro atoms. The lowest BCUT2D eigenvalue weighted by Gasteiger charge is -2.21. The molecule has 1 saturated heterocycles. The molecule has 0 saturated carbocycles. The minimum atomic E-state index is -1.22. The molecule has 1 atom stereocenters. The quantitative estimate of drug-likeness (QED) is 0.647. The number of carbonyl (C=O) groups excluding carboxylic acids is 3. The highest BCUT2D eigenvalue weighted by Crippen LogP contribution is 2.35. The van der Waals surface area contributed by atoms with Gasteiger partial charge in [0.15, 0.2) is 0 Å². The van der Waals surface area contributed by atoms with Crippen LogP contribution in [0.4, 0.5) is 5.69 Å². The second-order valence-corrected chi connectivity index (χ2v) is 5.97. The average Bonchev–Trinajstić information content (AvgIpc) is 3.04. The molecule has 0 bridgehead atoms. The number of amides is 2. The lowest BCUT2D eigenvalue weighted by atomic mass is 9.93. The van der Waals surface area contributed by atoms with Crippen molar-refractivity contribution in [1.29, 1.82) is 0 Å². The van der Waals surface area contributed by atoms with Gasteiger partial charge in [0.25, 0.3) is 5.91 Å². The molecule has 23 heavy (non-hydrogen) atoms. The van der Waals surface area contributed by atoms with Crippen LogP contribution in [0.3, 0.4) is 0 Å². The van der Waals surface area contributed by atoms with Gasteiger partial charge in [0.1, 0.15) is 11.3 Å². The molecule has 3 rings (SSSR count). The predicted molar refractivity (Wildman–Crippen MR) is 83.2 cm³/mol. The van der Waals surface area contributed by atoms with Crippen LogP contribution in [-0.4, -0.2) is 36.1 Å². The van der Waals surface area contributed by atoms with Crippen molar-refractivity contribution in [1.82, 2.24) is 5.43 Å². The fourth-order valence-electron chi connectivity index (χ4n) is 2.72. The second-order valence-electron chi connectivity index (χ2n) is 5.57. The molecule has 2 amide bonds. The number of aryl methyl sites for hydroxylation is 1. The summed E-state index contributed by atoms with van der Waals surface area (Å²) in [4.78, 5) is 37.7. The molecule has 0 aliphatic carbocycles. The van der Waals surface area contributed by atoms with Gasteiger partial charge in [0.2, 0.25) is 5.91 Å². The number of ether oxygens (including phenoxy) is 1. The van der Waals surface area contributed by atoms with Crippen molar-refractivity contribution in [2.75, 3.05) is 12.0 Å². The molecule has 0 radical (unpaired) electrons. The summed E-state index contributed by atoms with van der Waals surface area (Å²) < 4.78 is 4.60. The molecule has 0 unspecified atom stereocenters. The fourth-order valence-corrected chi connectivity index (χ4v) is 2.90. The molecule has 1 aromatic rings. The Morgan fingerprint density at radius 2 is 2.13 bits per heavy atom. The van der Waals surface area contributed by atoms with E-state index in [9.17, 15) is 14.4 Å². The summed E-state index contributed by atoms with van der Waals surface area (Å²) in [7, 11) is 1.23. The van der Waals surface area contributed by atoms with Crippen molar-refractivity contribution in [2.45, 2.75) is 25.3 Å². The first-order valence-corrected chi connectivity index (χ1v) is 7.31. The summed E-state index contributed by atoms with van der Waals surface area (Å²) in [6.45, 7) is 1.83. The van der Waals surface area contributed by atoms with Crippen molar-refractivity contribution in [2.24, 2.45) is 5.10 Å². The standard InChI is InChI=1S/C15H14ClN3O4/c1-8-3-4-9(5-10(8)16)19-12(20)7-15(14(19)22)6-11(17-18-15)13(21)23-2/h3-5,18H,6-7H2,1-2H3/t15-/m1/s1. The van der Waals surface area contributed by atoms with E-state index in [4.69, 9.17) is 11.6 Å². The minimum absolute atomic E-state index is 0.0142. The van der Waals surface area contributed by atoms with Crippen LogP contribution in [0.5, 0.6) is 0 Å². The maximum Gasteiger partial charge on any atom is 0.354 e. The number of hydrogen-bond acceptors (Lipinski definition) is 6. The summed E-state index contributed by atoms with van der Waals surface area (Å²) in [6.07, 6.45) is -0.0678. The van der Waals surface area contributed by atoms with E-state index in [1.165, 1.54) is 7.11 Å². The molecule has 7 nitrogen and oxygen atoms in total. The number of rotatable bonds is 2. The highest BCUT2D eigenvalue weighted by Gasteiger charge is 2.56. The second kappa shape index (κ2) is 5.34. The van der Waals surface area contributed by atoms with Crippen LogP contribution in [-0.2, 0) is 19.1 Å². The van der Waals surface area contributed by atoms with Crippen molar-refractivity contribution >= 4 is 40.8 Å². The number of hydrazone groups is 1. The third kappa shape index (κ3) is 2.37. The first-order valence-electron chi connectivity index (χ1n) is 6.93. The monoisotopic (exact) mass is 335 g/mol. The molecule has 2 aliphatic heterocycles. The van der Waals surface area contributed by atoms with Gasteiger partial charge in [-0.25, -0.2) is 9.69 Å². The van der Waals surface area contributed by atoms with Crippen LogP contribution < -0.4 is 10.3 Å². The molecule has 0 aromatic heterocycles. The number of imide groups is 1. The van der Waals surface area contributed by atoms with Gasteiger partial charge < -0.3 is 4.74 Å². The lowest BCUT2D eigenvalue weighted by molar-refractivity contribution is -0.132. The van der Waals surface area contributed by atoms with Crippen LogP contribution in [0.2, 0.25) is 5.02 Å². The Morgan fingerprint density at radius 3 is 2.78 bits per heavy atom. The topological polar surface area (TPSA) is 88.1 Å². The van der Waals surface area contributed by atoms with Gasteiger partial charge in [-0.1, -0.05) is 17.7 Å². The van der Waals surface area contributed by atoms with Crippen molar-refractivity contribution in [3.63, 3.8) is 0 Å². The third-order valence-corrected chi connectivity index (χ3v) is 4.43. The highest BCUT2D eigenvalue weighted by atomic mass is 35.5. The summed E-state index contributed by atoms with van der Waals surface area (Å²) in [5.74, 6) is -1.44. The lowest BCUT2D eigenvalue weighted by Crippen LogP contribution is -2.47. The molecular weight excluding hydrogens is 322 g/mol. The van der Waals surface area contributed by atoms with E-state index in [1.54, 1.807) is 18.2 Å². The fraction of sp³-hybridized carbons (Fsp3) is 0.333. The molecule has 120 valence electrons. The van der Waals surface area contributed by atoms with Gasteiger partial charge in [0.05, 0.1) is 19.2 Å². The molecule has 8 heteroatoms. The summed E-state index contributed by atoms with van der Waals surface area (Å²) in [5, 5.41) is 4.32. The number of anilines is 1. The number of nitrogens with zero attached hydrogens (tertiary/aromatic N) is 2. The Balaban J connectivity index is 1.89. The highest BCUT2D eigenvalue weighted by molar-refractivity contribution is 6.39. The molecule has 2 aliphatic rings. The Morgan fingerprint density at radius 1 is 1.39 bits per heavy atom. The van der Waals surface area contributed by atoms with E-state index in [-0.39, 0.29) is 24.5 Å². The van der Waals surface area contributed by atoms with Crippen LogP contribution in [0.1, 0.15) is 18.4 Å². The van der Waals surface area contributed by atoms with Crippen molar-refractivity contribution in [3.05, 3.63) is 28.8 Å². The Hall–Kier alpha value is -2.41. The van der Waals surface area contributed by atoms with Gasteiger partial charge in [-0.3, -0.25) is 15.0 Å². The number of benzene rings is 1. The van der Waals surface area contributed by atoms with Gasteiger partial charge in [0, 0.05) is 11.4 Å². The first kappa shape index (κ1) is 15.5. The third-order valence-electron chi connectivity index (χ3n) is 4.02. The average molecular weight is 336 g/mol.